The topological polar surface area (TPSA) is 59.8 Å². The number of hydrogen-bond acceptors (Lipinski definition) is 6. The largest absolute Gasteiger partial charge is 0.495 e. The van der Waals surface area contributed by atoms with Gasteiger partial charge in [0.1, 0.15) is 11.5 Å². The number of imide groups is 1. The summed E-state index contributed by atoms with van der Waals surface area (Å²) in [6, 6.07) is 14.4. The molecule has 0 unspecified atom stereocenters. The second-order valence-corrected chi connectivity index (χ2v) is 7.60. The molecule has 2 aromatic heterocycles. The second-order valence-electron chi connectivity index (χ2n) is 5.67. The average molecular weight is 397 g/mol. The molecule has 0 spiro atoms. The fraction of sp³-hybridized carbons (Fsp3) is 0.100. The summed E-state index contributed by atoms with van der Waals surface area (Å²) in [6.45, 7) is 0. The number of anilines is 1. The van der Waals surface area contributed by atoms with Gasteiger partial charge in [-0.05, 0) is 35.7 Å². The Morgan fingerprint density at radius 1 is 1.07 bits per heavy atom. The Morgan fingerprint density at radius 3 is 2.63 bits per heavy atom. The van der Waals surface area contributed by atoms with E-state index in [0.717, 1.165) is 10.6 Å². The van der Waals surface area contributed by atoms with Crippen molar-refractivity contribution in [2.75, 3.05) is 12.0 Å². The van der Waals surface area contributed by atoms with Crippen LogP contribution in [0.4, 0.5) is 5.69 Å². The number of rotatable bonds is 6. The number of carbonyl (C=O) groups is 2. The van der Waals surface area contributed by atoms with Crippen molar-refractivity contribution in [1.29, 1.82) is 0 Å². The van der Waals surface area contributed by atoms with Crippen molar-refractivity contribution in [2.24, 2.45) is 0 Å². The predicted octanol–water partition coefficient (Wildman–Crippen LogP) is 4.57. The van der Waals surface area contributed by atoms with Crippen molar-refractivity contribution in [3.63, 3.8) is 0 Å². The van der Waals surface area contributed by atoms with Gasteiger partial charge in [0.05, 0.1) is 35.3 Å². The first-order valence-corrected chi connectivity index (χ1v) is 10.0. The Balaban J connectivity index is 1.75. The zero-order chi connectivity index (χ0) is 18.8. The van der Waals surface area contributed by atoms with Crippen molar-refractivity contribution < 1.29 is 18.7 Å². The molecule has 1 aliphatic rings. The van der Waals surface area contributed by atoms with Gasteiger partial charge in [-0.15, -0.1) is 23.1 Å². The van der Waals surface area contributed by atoms with E-state index in [4.69, 9.17) is 9.15 Å². The summed E-state index contributed by atoms with van der Waals surface area (Å²) in [7, 11) is 1.52. The van der Waals surface area contributed by atoms with Crippen molar-refractivity contribution in [3.8, 4) is 5.75 Å². The standard InChI is InChI=1S/C20H15NO4S2/c1-24-15-8-3-2-7-14(15)21-19(22)17(16-9-5-11-26-16)18(20(21)23)27-12-13-6-4-10-25-13/h2-11H,12H2,1H3. The summed E-state index contributed by atoms with van der Waals surface area (Å²) < 4.78 is 10.7. The molecule has 0 aliphatic carbocycles. The molecule has 3 aromatic rings. The van der Waals surface area contributed by atoms with E-state index in [0.29, 0.717) is 27.7 Å². The van der Waals surface area contributed by atoms with Gasteiger partial charge in [0.25, 0.3) is 11.8 Å². The zero-order valence-corrected chi connectivity index (χ0v) is 16.0. The van der Waals surface area contributed by atoms with E-state index in [1.54, 1.807) is 36.6 Å². The maximum Gasteiger partial charge on any atom is 0.272 e. The van der Waals surface area contributed by atoms with Gasteiger partial charge < -0.3 is 9.15 Å². The minimum atomic E-state index is -0.343. The number of carbonyl (C=O) groups excluding carboxylic acids is 2. The summed E-state index contributed by atoms with van der Waals surface area (Å²) in [5.41, 5.74) is 0.870. The monoisotopic (exact) mass is 397 g/mol. The fourth-order valence-corrected chi connectivity index (χ4v) is 4.69. The number of ether oxygens (including phenoxy) is 1. The van der Waals surface area contributed by atoms with Gasteiger partial charge in [-0.3, -0.25) is 9.59 Å². The molecule has 0 bridgehead atoms. The third-order valence-corrected chi connectivity index (χ3v) is 6.06. The lowest BCUT2D eigenvalue weighted by atomic mass is 10.2. The first kappa shape index (κ1) is 17.6. The highest BCUT2D eigenvalue weighted by atomic mass is 32.2. The van der Waals surface area contributed by atoms with E-state index < -0.39 is 0 Å². The lowest BCUT2D eigenvalue weighted by Gasteiger charge is -2.18. The number of amides is 2. The van der Waals surface area contributed by atoms with Gasteiger partial charge in [0, 0.05) is 4.88 Å². The molecule has 0 saturated carbocycles. The van der Waals surface area contributed by atoms with Crippen molar-refractivity contribution in [1.82, 2.24) is 0 Å². The number of thioether (sulfide) groups is 1. The molecule has 2 amide bonds. The first-order chi connectivity index (χ1) is 13.2. The molecule has 7 heteroatoms. The highest BCUT2D eigenvalue weighted by Gasteiger charge is 2.41. The molecule has 0 saturated heterocycles. The maximum absolute atomic E-state index is 13.2. The average Bonchev–Trinajstić information content (AvgIpc) is 3.42. The first-order valence-electron chi connectivity index (χ1n) is 8.16. The summed E-state index contributed by atoms with van der Waals surface area (Å²) in [5.74, 6) is 1.00. The molecule has 27 heavy (non-hydrogen) atoms. The summed E-state index contributed by atoms with van der Waals surface area (Å²) in [6.07, 6.45) is 1.59. The van der Waals surface area contributed by atoms with E-state index in [1.807, 2.05) is 23.6 Å². The molecule has 5 nitrogen and oxygen atoms in total. The van der Waals surface area contributed by atoms with Gasteiger partial charge >= 0.3 is 0 Å². The molecule has 0 fully saturated rings. The predicted molar refractivity (Wildman–Crippen MR) is 107 cm³/mol. The van der Waals surface area contributed by atoms with Crippen LogP contribution in [-0.4, -0.2) is 18.9 Å². The van der Waals surface area contributed by atoms with Crippen LogP contribution in [0, 0.1) is 0 Å². The third-order valence-electron chi connectivity index (χ3n) is 4.07. The van der Waals surface area contributed by atoms with Crippen molar-refractivity contribution >= 4 is 46.2 Å². The van der Waals surface area contributed by atoms with E-state index in [9.17, 15) is 9.59 Å². The number of thiophene rings is 1. The van der Waals surface area contributed by atoms with Crippen LogP contribution in [0.3, 0.4) is 0 Å². The lowest BCUT2D eigenvalue weighted by molar-refractivity contribution is -0.119. The van der Waals surface area contributed by atoms with E-state index >= 15 is 0 Å². The Morgan fingerprint density at radius 2 is 1.93 bits per heavy atom. The fourth-order valence-electron chi connectivity index (χ4n) is 2.85. The van der Waals surface area contributed by atoms with E-state index in [2.05, 4.69) is 0 Å². The number of para-hydroxylation sites is 2. The Hall–Kier alpha value is -2.77. The number of nitrogens with zero attached hydrogens (tertiary/aromatic N) is 1. The summed E-state index contributed by atoms with van der Waals surface area (Å²) in [4.78, 5) is 28.8. The van der Waals surface area contributed by atoms with Crippen LogP contribution >= 0.6 is 23.1 Å². The Labute approximate surface area is 164 Å². The Bertz CT molecular complexity index is 1010. The number of furan rings is 1. The SMILES string of the molecule is COc1ccccc1N1C(=O)C(SCc2ccco2)=C(c2cccs2)C1=O. The maximum atomic E-state index is 13.2. The molecule has 136 valence electrons. The van der Waals surface area contributed by atoms with Gasteiger partial charge in [-0.25, -0.2) is 4.90 Å². The number of methoxy groups -OCH3 is 1. The van der Waals surface area contributed by atoms with Crippen LogP contribution in [-0.2, 0) is 15.3 Å². The molecule has 0 atom stereocenters. The van der Waals surface area contributed by atoms with Crippen LogP contribution in [0.2, 0.25) is 0 Å². The molecular formula is C20H15NO4S2. The summed E-state index contributed by atoms with van der Waals surface area (Å²) in [5, 5.41) is 1.89. The van der Waals surface area contributed by atoms with Gasteiger partial charge in [-0.1, -0.05) is 18.2 Å². The van der Waals surface area contributed by atoms with Crippen molar-refractivity contribution in [3.05, 3.63) is 75.7 Å². The normalized spacial score (nSPS) is 14.3. The van der Waals surface area contributed by atoms with Gasteiger partial charge in [-0.2, -0.15) is 0 Å². The molecule has 4 rings (SSSR count). The van der Waals surface area contributed by atoms with E-state index in [-0.39, 0.29) is 11.8 Å². The quantitative estimate of drug-likeness (QED) is 0.571. The highest BCUT2D eigenvalue weighted by Crippen LogP contribution is 2.42. The molecule has 0 N–H and O–H groups in total. The van der Waals surface area contributed by atoms with Crippen LogP contribution in [0.1, 0.15) is 10.6 Å². The van der Waals surface area contributed by atoms with E-state index in [1.165, 1.54) is 35.1 Å². The van der Waals surface area contributed by atoms with Crippen molar-refractivity contribution in [2.45, 2.75) is 5.75 Å². The Kier molecular flexibility index (Phi) is 4.87. The number of hydrogen-bond donors (Lipinski definition) is 0. The summed E-state index contributed by atoms with van der Waals surface area (Å²) >= 11 is 2.75. The third kappa shape index (κ3) is 3.20. The van der Waals surface area contributed by atoms with Gasteiger partial charge in [0.15, 0.2) is 0 Å². The molecule has 3 heterocycles. The van der Waals surface area contributed by atoms with Crippen LogP contribution in [0.15, 0.2) is 69.5 Å². The van der Waals surface area contributed by atoms with Crippen LogP contribution in [0.25, 0.3) is 5.57 Å². The molecular weight excluding hydrogens is 382 g/mol. The molecule has 0 radical (unpaired) electrons. The molecule has 1 aliphatic heterocycles. The van der Waals surface area contributed by atoms with Crippen LogP contribution < -0.4 is 9.64 Å². The smallest absolute Gasteiger partial charge is 0.272 e. The molecule has 1 aromatic carbocycles. The minimum Gasteiger partial charge on any atom is -0.495 e. The van der Waals surface area contributed by atoms with Gasteiger partial charge in [0.2, 0.25) is 0 Å². The lowest BCUT2D eigenvalue weighted by Crippen LogP contribution is -2.31. The van der Waals surface area contributed by atoms with Crippen LogP contribution in [0.5, 0.6) is 5.75 Å². The zero-order valence-electron chi connectivity index (χ0n) is 14.4. The number of benzene rings is 1. The highest BCUT2D eigenvalue weighted by molar-refractivity contribution is 8.03. The second kappa shape index (κ2) is 7.46. The minimum absolute atomic E-state index is 0.339.